The second-order valence-corrected chi connectivity index (χ2v) is 13.2. The van der Waals surface area contributed by atoms with Crippen LogP contribution in [0.5, 0.6) is 0 Å². The molecule has 0 unspecified atom stereocenters. The Morgan fingerprint density at radius 1 is 1.05 bits per heavy atom. The van der Waals surface area contributed by atoms with Crippen LogP contribution in [0.3, 0.4) is 0 Å². The molecule has 0 amide bonds. The summed E-state index contributed by atoms with van der Waals surface area (Å²) in [5.74, 6) is 0. The number of alkyl halides is 1. The molecule has 4 aliphatic rings. The third-order valence-electron chi connectivity index (χ3n) is 9.83. The highest BCUT2D eigenvalue weighted by Crippen LogP contribution is 2.50. The highest BCUT2D eigenvalue weighted by atomic mass is 19.1. The summed E-state index contributed by atoms with van der Waals surface area (Å²) in [7, 11) is 2.10. The number of rotatable bonds is 8. The summed E-state index contributed by atoms with van der Waals surface area (Å²) >= 11 is 0. The van der Waals surface area contributed by atoms with E-state index in [4.69, 9.17) is 4.98 Å². The van der Waals surface area contributed by atoms with Crippen molar-refractivity contribution in [3.05, 3.63) is 72.1 Å². The van der Waals surface area contributed by atoms with Gasteiger partial charge >= 0.3 is 0 Å². The summed E-state index contributed by atoms with van der Waals surface area (Å²) in [6, 6.07) is 4.28. The lowest BCUT2D eigenvalue weighted by molar-refractivity contribution is -0.106. The van der Waals surface area contributed by atoms with E-state index in [0.717, 1.165) is 69.0 Å². The summed E-state index contributed by atoms with van der Waals surface area (Å²) < 4.78 is 15.4. The molecular weight excluding hydrogens is 499 g/mol. The van der Waals surface area contributed by atoms with Crippen molar-refractivity contribution in [2.45, 2.75) is 64.2 Å². The van der Waals surface area contributed by atoms with E-state index in [1.807, 2.05) is 18.5 Å². The van der Waals surface area contributed by atoms with Crippen molar-refractivity contribution in [2.24, 2.45) is 10.8 Å². The highest BCUT2D eigenvalue weighted by molar-refractivity contribution is 5.75. The van der Waals surface area contributed by atoms with Gasteiger partial charge in [-0.2, -0.15) is 0 Å². The van der Waals surface area contributed by atoms with Crippen LogP contribution < -0.4 is 4.90 Å². The number of aromatic nitrogens is 3. The Hall–Kier alpha value is -3.19. The first-order valence-electron chi connectivity index (χ1n) is 15.0. The second-order valence-electron chi connectivity index (χ2n) is 13.2. The van der Waals surface area contributed by atoms with Gasteiger partial charge in [0, 0.05) is 80.3 Å². The van der Waals surface area contributed by atoms with Gasteiger partial charge in [-0.3, -0.25) is 9.88 Å². The minimum atomic E-state index is -0.569. The van der Waals surface area contributed by atoms with E-state index in [2.05, 4.69) is 74.5 Å². The van der Waals surface area contributed by atoms with Crippen LogP contribution in [0.1, 0.15) is 67.3 Å². The maximum atomic E-state index is 13.3. The van der Waals surface area contributed by atoms with Crippen LogP contribution in [0.25, 0.3) is 17.8 Å². The van der Waals surface area contributed by atoms with Crippen molar-refractivity contribution in [3.8, 4) is 0 Å². The van der Waals surface area contributed by atoms with Gasteiger partial charge in [0.1, 0.15) is 11.8 Å². The van der Waals surface area contributed by atoms with Gasteiger partial charge in [-0.25, -0.2) is 9.37 Å². The first-order valence-corrected chi connectivity index (χ1v) is 15.0. The van der Waals surface area contributed by atoms with E-state index in [9.17, 15) is 4.39 Å². The molecule has 2 aliphatic heterocycles. The fourth-order valence-corrected chi connectivity index (χ4v) is 7.80. The topological polar surface area (TPSA) is 39.9 Å². The first-order chi connectivity index (χ1) is 19.4. The third kappa shape index (κ3) is 4.83. The molecular formula is C33H41FN6. The van der Waals surface area contributed by atoms with Crippen LogP contribution >= 0.6 is 0 Å². The molecule has 2 saturated heterocycles. The van der Waals surface area contributed by atoms with Crippen LogP contribution in [0.15, 0.2) is 49.7 Å². The molecule has 2 spiro atoms. The zero-order valence-electron chi connectivity index (χ0n) is 23.7. The molecule has 3 aromatic rings. The molecule has 2 aliphatic carbocycles. The quantitative estimate of drug-likeness (QED) is 0.341. The van der Waals surface area contributed by atoms with Crippen LogP contribution in [-0.2, 0) is 13.1 Å². The maximum absolute atomic E-state index is 13.3. The van der Waals surface area contributed by atoms with E-state index in [1.165, 1.54) is 48.9 Å². The number of hydrogen-bond donors (Lipinski definition) is 0. The fraction of sp³-hybridized carbons (Fsp3) is 0.515. The minimum Gasteiger partial charge on any atom is -0.374 e. The molecule has 4 fully saturated rings. The Bertz CT molecular complexity index is 1410. The van der Waals surface area contributed by atoms with Gasteiger partial charge in [-0.1, -0.05) is 38.0 Å². The Morgan fingerprint density at radius 2 is 1.85 bits per heavy atom. The fourth-order valence-electron chi connectivity index (χ4n) is 7.80. The smallest absolute Gasteiger partial charge is 0.137 e. The summed E-state index contributed by atoms with van der Waals surface area (Å²) in [6.45, 7) is 10.0. The molecule has 7 heteroatoms. The Morgan fingerprint density at radius 3 is 2.60 bits per heavy atom. The molecule has 0 bridgehead atoms. The molecule has 0 aromatic carbocycles. The first kappa shape index (κ1) is 25.8. The van der Waals surface area contributed by atoms with Crippen molar-refractivity contribution < 1.29 is 4.39 Å². The van der Waals surface area contributed by atoms with Gasteiger partial charge in [0.25, 0.3) is 0 Å². The van der Waals surface area contributed by atoms with Crippen molar-refractivity contribution in [2.75, 3.05) is 38.1 Å². The van der Waals surface area contributed by atoms with Crippen LogP contribution in [0.2, 0.25) is 0 Å². The third-order valence-corrected chi connectivity index (χ3v) is 9.83. The average Bonchev–Trinajstić information content (AvgIpc) is 3.30. The number of likely N-dealkylation sites (tertiary alicyclic amines) is 1. The number of imidazole rings is 1. The molecule has 210 valence electrons. The number of halogens is 1. The summed E-state index contributed by atoms with van der Waals surface area (Å²) in [5.41, 5.74) is 7.57. The number of fused-ring (bicyclic) bond motifs is 1. The van der Waals surface area contributed by atoms with Crippen LogP contribution in [-0.4, -0.2) is 63.6 Å². The van der Waals surface area contributed by atoms with E-state index in [-0.39, 0.29) is 5.41 Å². The molecule has 2 saturated carbocycles. The van der Waals surface area contributed by atoms with Crippen molar-refractivity contribution in [1.82, 2.24) is 24.2 Å². The van der Waals surface area contributed by atoms with E-state index in [0.29, 0.717) is 5.41 Å². The van der Waals surface area contributed by atoms with Crippen molar-refractivity contribution in [3.63, 3.8) is 0 Å². The summed E-state index contributed by atoms with van der Waals surface area (Å²) in [6.07, 6.45) is 22.4. The largest absolute Gasteiger partial charge is 0.374 e. The number of anilines is 1. The minimum absolute atomic E-state index is 0.278. The normalized spacial score (nSPS) is 22.0. The van der Waals surface area contributed by atoms with Gasteiger partial charge in [-0.15, -0.1) is 0 Å². The summed E-state index contributed by atoms with van der Waals surface area (Å²) in [4.78, 5) is 16.5. The van der Waals surface area contributed by atoms with E-state index >= 15 is 0 Å². The monoisotopic (exact) mass is 540 g/mol. The predicted molar refractivity (Wildman–Crippen MR) is 160 cm³/mol. The van der Waals surface area contributed by atoms with Crippen molar-refractivity contribution in [1.29, 1.82) is 0 Å². The van der Waals surface area contributed by atoms with Crippen molar-refractivity contribution >= 4 is 23.5 Å². The zero-order valence-corrected chi connectivity index (χ0v) is 23.7. The van der Waals surface area contributed by atoms with Gasteiger partial charge in [-0.05, 0) is 49.6 Å². The number of hydrogen-bond acceptors (Lipinski definition) is 5. The molecule has 5 heterocycles. The predicted octanol–water partition coefficient (Wildman–Crippen LogP) is 6.18. The Balaban J connectivity index is 1.00. The summed E-state index contributed by atoms with van der Waals surface area (Å²) in [5, 5.41) is 0. The van der Waals surface area contributed by atoms with E-state index in [1.54, 1.807) is 0 Å². The zero-order chi connectivity index (χ0) is 27.3. The SMILES string of the molecule is C=Cc1cncc(N2CC3(CCCCC3)C2)c1/C=C\N(C)Cc1cn2cc(CN3CC4(CC(F)C4)C3)ccc2n1. The lowest BCUT2D eigenvalue weighted by Gasteiger charge is -2.57. The van der Waals surface area contributed by atoms with Gasteiger partial charge in [0.2, 0.25) is 0 Å². The average molecular weight is 541 g/mol. The second kappa shape index (κ2) is 10.0. The van der Waals surface area contributed by atoms with Gasteiger partial charge in [0.05, 0.1) is 24.1 Å². The van der Waals surface area contributed by atoms with Crippen LogP contribution in [0.4, 0.5) is 10.1 Å². The lowest BCUT2D eigenvalue weighted by atomic mass is 9.62. The number of nitrogens with zero attached hydrogens (tertiary/aromatic N) is 6. The highest BCUT2D eigenvalue weighted by Gasteiger charge is 2.52. The van der Waals surface area contributed by atoms with Gasteiger partial charge in [0.15, 0.2) is 0 Å². The molecule has 0 N–H and O–H groups in total. The Kier molecular flexibility index (Phi) is 6.45. The van der Waals surface area contributed by atoms with Gasteiger partial charge < -0.3 is 14.2 Å². The lowest BCUT2D eigenvalue weighted by Crippen LogP contribution is -2.62. The van der Waals surface area contributed by atoms with Crippen LogP contribution in [0, 0.1) is 10.8 Å². The Labute approximate surface area is 237 Å². The molecule has 40 heavy (non-hydrogen) atoms. The molecule has 3 aromatic heterocycles. The molecule has 7 rings (SSSR count). The number of pyridine rings is 2. The molecule has 0 radical (unpaired) electrons. The molecule has 6 nitrogen and oxygen atoms in total. The maximum Gasteiger partial charge on any atom is 0.137 e. The standard InChI is InChI=1S/C33H41FN6/c1-3-26-15-35-16-30(40-23-32(24-40)10-5-4-6-11-32)29(26)9-12-37(2)19-28-20-39-18-25(7-8-31(39)36-28)17-38-21-33(22-38)13-27(34)14-33/h3,7-9,12,15-16,18,20,27H,1,4-6,10-11,13-14,17,19,21-24H2,2H3/b12-9-. The van der Waals surface area contributed by atoms with E-state index < -0.39 is 6.17 Å². The molecule has 0 atom stereocenters.